The second-order valence-corrected chi connectivity index (χ2v) is 8.34. The highest BCUT2D eigenvalue weighted by atomic mass is 19.1. The van der Waals surface area contributed by atoms with Crippen LogP contribution in [0.4, 0.5) is 4.39 Å². The van der Waals surface area contributed by atoms with Crippen LogP contribution in [0.1, 0.15) is 18.5 Å². The standard InChI is InChI=1S/C25H26FN7O3/c1-15-3-2-4-22(31-15)24-19(13-29-32-24)16-5-6-20(26)18(11-16)17-12-30-33(14-17)10-9-28-25(36)21(27)7-8-23(34)35/h2-6,11-14,21H,7-10,27H2,1H3,(H,28,36)(H,29,32)(H,34,35). The number of aromatic nitrogens is 5. The lowest BCUT2D eigenvalue weighted by Crippen LogP contribution is -2.42. The molecule has 4 aromatic rings. The Bertz CT molecular complexity index is 1380. The Hall–Kier alpha value is -4.38. The number of H-pyrrole nitrogens is 1. The highest BCUT2D eigenvalue weighted by Gasteiger charge is 2.16. The Kier molecular flexibility index (Phi) is 7.50. The first-order valence-electron chi connectivity index (χ1n) is 11.4. The van der Waals surface area contributed by atoms with Gasteiger partial charge in [-0.05, 0) is 43.2 Å². The first kappa shape index (κ1) is 24.7. The summed E-state index contributed by atoms with van der Waals surface area (Å²) in [6.07, 6.45) is 4.81. The number of aliphatic carboxylic acids is 1. The van der Waals surface area contributed by atoms with Crippen LogP contribution >= 0.6 is 0 Å². The summed E-state index contributed by atoms with van der Waals surface area (Å²) < 4.78 is 16.4. The van der Waals surface area contributed by atoms with E-state index in [2.05, 4.69) is 25.6 Å². The first-order chi connectivity index (χ1) is 17.3. The molecule has 186 valence electrons. The molecule has 1 amide bonds. The first-order valence-corrected chi connectivity index (χ1v) is 11.4. The van der Waals surface area contributed by atoms with Crippen LogP contribution < -0.4 is 11.1 Å². The van der Waals surface area contributed by atoms with Gasteiger partial charge in [0.25, 0.3) is 0 Å². The average Bonchev–Trinajstić information content (AvgIpc) is 3.53. The number of nitrogens with one attached hydrogen (secondary N) is 2. The summed E-state index contributed by atoms with van der Waals surface area (Å²) in [5.74, 6) is -1.83. The van der Waals surface area contributed by atoms with Gasteiger partial charge < -0.3 is 16.2 Å². The maximum absolute atomic E-state index is 14.8. The molecular formula is C25H26FN7O3. The molecule has 0 spiro atoms. The lowest BCUT2D eigenvalue weighted by molar-refractivity contribution is -0.137. The minimum absolute atomic E-state index is 0.0566. The van der Waals surface area contributed by atoms with Crippen molar-refractivity contribution in [1.82, 2.24) is 30.3 Å². The molecule has 3 heterocycles. The van der Waals surface area contributed by atoms with E-state index in [0.29, 0.717) is 17.7 Å². The number of aryl methyl sites for hydroxylation is 1. The van der Waals surface area contributed by atoms with Crippen molar-refractivity contribution in [3.63, 3.8) is 0 Å². The van der Waals surface area contributed by atoms with Crippen LogP contribution in [0.25, 0.3) is 33.6 Å². The third kappa shape index (κ3) is 5.81. The number of pyridine rings is 1. The van der Waals surface area contributed by atoms with Gasteiger partial charge in [0.1, 0.15) is 5.82 Å². The number of carbonyl (C=O) groups excluding carboxylic acids is 1. The fourth-order valence-electron chi connectivity index (χ4n) is 3.76. The number of hydrogen-bond acceptors (Lipinski definition) is 6. The van der Waals surface area contributed by atoms with Crippen molar-refractivity contribution in [2.75, 3.05) is 6.54 Å². The number of benzene rings is 1. The largest absolute Gasteiger partial charge is 0.481 e. The number of nitrogens with two attached hydrogens (primary N) is 1. The van der Waals surface area contributed by atoms with Gasteiger partial charge in [-0.2, -0.15) is 10.2 Å². The molecule has 36 heavy (non-hydrogen) atoms. The van der Waals surface area contributed by atoms with Crippen molar-refractivity contribution < 1.29 is 19.1 Å². The topological polar surface area (TPSA) is 152 Å². The highest BCUT2D eigenvalue weighted by molar-refractivity contribution is 5.82. The summed E-state index contributed by atoms with van der Waals surface area (Å²) in [5, 5.41) is 22.8. The molecule has 0 radical (unpaired) electrons. The molecule has 0 bridgehead atoms. The second-order valence-electron chi connectivity index (χ2n) is 8.34. The van der Waals surface area contributed by atoms with E-state index in [0.717, 1.165) is 28.2 Å². The molecule has 11 heteroatoms. The van der Waals surface area contributed by atoms with Crippen molar-refractivity contribution in [2.24, 2.45) is 5.73 Å². The Morgan fingerprint density at radius 1 is 1.19 bits per heavy atom. The molecule has 10 nitrogen and oxygen atoms in total. The molecule has 0 fully saturated rings. The predicted octanol–water partition coefficient (Wildman–Crippen LogP) is 2.76. The quantitative estimate of drug-likeness (QED) is 0.266. The van der Waals surface area contributed by atoms with E-state index >= 15 is 0 Å². The highest BCUT2D eigenvalue weighted by Crippen LogP contribution is 2.33. The zero-order valence-corrected chi connectivity index (χ0v) is 19.6. The third-order valence-electron chi connectivity index (χ3n) is 5.65. The van der Waals surface area contributed by atoms with E-state index < -0.39 is 23.7 Å². The maximum Gasteiger partial charge on any atom is 0.303 e. The van der Waals surface area contributed by atoms with Crippen LogP contribution in [0.5, 0.6) is 0 Å². The Labute approximate surface area is 206 Å². The van der Waals surface area contributed by atoms with E-state index in [-0.39, 0.29) is 19.4 Å². The number of amides is 1. The molecule has 5 N–H and O–H groups in total. The number of carboxylic acid groups (broad SMARTS) is 1. The van der Waals surface area contributed by atoms with Crippen molar-refractivity contribution in [3.8, 4) is 33.6 Å². The van der Waals surface area contributed by atoms with Crippen LogP contribution in [-0.2, 0) is 16.1 Å². The Balaban J connectivity index is 1.46. The summed E-state index contributed by atoms with van der Waals surface area (Å²) >= 11 is 0. The van der Waals surface area contributed by atoms with Crippen molar-refractivity contribution in [3.05, 3.63) is 66.5 Å². The lowest BCUT2D eigenvalue weighted by atomic mass is 9.99. The fourth-order valence-corrected chi connectivity index (χ4v) is 3.76. The fraction of sp³-hybridized carbons (Fsp3) is 0.240. The van der Waals surface area contributed by atoms with Crippen LogP contribution in [0.2, 0.25) is 0 Å². The van der Waals surface area contributed by atoms with Gasteiger partial charge in [-0.3, -0.25) is 24.4 Å². The summed E-state index contributed by atoms with van der Waals surface area (Å²) in [4.78, 5) is 27.2. The molecule has 0 aliphatic carbocycles. The van der Waals surface area contributed by atoms with Gasteiger partial charge in [0, 0.05) is 41.5 Å². The molecular weight excluding hydrogens is 465 g/mol. The summed E-state index contributed by atoms with van der Waals surface area (Å²) in [7, 11) is 0. The second kappa shape index (κ2) is 10.9. The van der Waals surface area contributed by atoms with Crippen molar-refractivity contribution >= 4 is 11.9 Å². The van der Waals surface area contributed by atoms with Gasteiger partial charge in [-0.1, -0.05) is 12.1 Å². The molecule has 1 unspecified atom stereocenters. The normalized spacial score (nSPS) is 11.9. The molecule has 4 rings (SSSR count). The monoisotopic (exact) mass is 491 g/mol. The van der Waals surface area contributed by atoms with E-state index in [1.807, 2.05) is 25.1 Å². The van der Waals surface area contributed by atoms with Crippen LogP contribution in [-0.4, -0.2) is 54.5 Å². The van der Waals surface area contributed by atoms with Crippen LogP contribution in [0.3, 0.4) is 0 Å². The van der Waals surface area contributed by atoms with Gasteiger partial charge in [0.2, 0.25) is 5.91 Å². The maximum atomic E-state index is 14.8. The van der Waals surface area contributed by atoms with Gasteiger partial charge >= 0.3 is 5.97 Å². The van der Waals surface area contributed by atoms with Gasteiger partial charge in [-0.25, -0.2) is 4.39 Å². The van der Waals surface area contributed by atoms with Gasteiger partial charge in [0.15, 0.2) is 0 Å². The van der Waals surface area contributed by atoms with Crippen molar-refractivity contribution in [1.29, 1.82) is 0 Å². The molecule has 1 atom stereocenters. The van der Waals surface area contributed by atoms with Gasteiger partial charge in [-0.15, -0.1) is 0 Å². The minimum Gasteiger partial charge on any atom is -0.481 e. The SMILES string of the molecule is Cc1cccc(-c2[nH]ncc2-c2ccc(F)c(-c3cnn(CCNC(=O)C(N)CCC(=O)O)c3)c2)n1. The number of carboxylic acids is 1. The predicted molar refractivity (Wildman–Crippen MR) is 131 cm³/mol. The number of aromatic amines is 1. The number of hydrogen-bond donors (Lipinski definition) is 4. The number of nitrogens with zero attached hydrogens (tertiary/aromatic N) is 4. The summed E-state index contributed by atoms with van der Waals surface area (Å²) in [5.41, 5.74) is 10.6. The summed E-state index contributed by atoms with van der Waals surface area (Å²) in [6.45, 7) is 2.49. The number of carbonyl (C=O) groups is 2. The van der Waals surface area contributed by atoms with Crippen molar-refractivity contribution in [2.45, 2.75) is 32.4 Å². The average molecular weight is 492 g/mol. The smallest absolute Gasteiger partial charge is 0.303 e. The molecule has 0 saturated carbocycles. The Morgan fingerprint density at radius 2 is 2.03 bits per heavy atom. The molecule has 3 aromatic heterocycles. The number of halogens is 1. The lowest BCUT2D eigenvalue weighted by Gasteiger charge is -2.11. The van der Waals surface area contributed by atoms with E-state index in [1.54, 1.807) is 35.4 Å². The minimum atomic E-state index is -1.01. The summed E-state index contributed by atoms with van der Waals surface area (Å²) in [6, 6.07) is 9.65. The van der Waals surface area contributed by atoms with Crippen LogP contribution in [0, 0.1) is 12.7 Å². The van der Waals surface area contributed by atoms with E-state index in [1.165, 1.54) is 6.07 Å². The molecule has 0 aliphatic heterocycles. The third-order valence-corrected chi connectivity index (χ3v) is 5.65. The molecule has 0 aliphatic rings. The van der Waals surface area contributed by atoms with E-state index in [9.17, 15) is 14.0 Å². The van der Waals surface area contributed by atoms with E-state index in [4.69, 9.17) is 10.8 Å². The molecule has 1 aromatic carbocycles. The molecule has 0 saturated heterocycles. The Morgan fingerprint density at radius 3 is 2.81 bits per heavy atom. The number of rotatable bonds is 10. The zero-order valence-electron chi connectivity index (χ0n) is 19.6. The van der Waals surface area contributed by atoms with Crippen LogP contribution in [0.15, 0.2) is 55.0 Å². The van der Waals surface area contributed by atoms with Gasteiger partial charge in [0.05, 0.1) is 36.4 Å². The zero-order chi connectivity index (χ0) is 25.7.